The van der Waals surface area contributed by atoms with Gasteiger partial charge < -0.3 is 4.79 Å². The quantitative estimate of drug-likeness (QED) is 0.479. The number of hydrogen-bond acceptors (Lipinski definition) is 2. The predicted molar refractivity (Wildman–Crippen MR) is 42.9 cm³/mol. The minimum absolute atomic E-state index is 0.580. The molecule has 0 unspecified atom stereocenters. The van der Waals surface area contributed by atoms with Crippen molar-refractivity contribution in [3.05, 3.63) is 36.5 Å². The van der Waals surface area contributed by atoms with Crippen LogP contribution in [-0.2, 0) is 4.79 Å². The summed E-state index contributed by atoms with van der Waals surface area (Å²) >= 11 is 0. The van der Waals surface area contributed by atoms with Gasteiger partial charge in [-0.2, -0.15) is 0 Å². The molecule has 0 amide bonds. The summed E-state index contributed by atoms with van der Waals surface area (Å²) < 4.78 is 0. The van der Waals surface area contributed by atoms with E-state index < -0.39 is 0 Å². The van der Waals surface area contributed by atoms with Crippen LogP contribution in [0, 0.1) is 6.42 Å². The molecule has 0 fully saturated rings. The summed E-state index contributed by atoms with van der Waals surface area (Å²) in [4.78, 5) is 14.0. The number of nitrogens with zero attached hydrogens (tertiary/aromatic N) is 1. The highest BCUT2D eigenvalue weighted by atomic mass is 16.1. The fourth-order valence-electron chi connectivity index (χ4n) is 0.796. The molecule has 0 aliphatic heterocycles. The van der Waals surface area contributed by atoms with Crippen molar-refractivity contribution in [2.24, 2.45) is 0 Å². The maximum atomic E-state index is 9.95. The SMILES string of the molecule is O=CCC[CH]c1ccccn1. The number of unbranched alkanes of at least 4 members (excludes halogenated alkanes) is 1. The van der Waals surface area contributed by atoms with Crippen molar-refractivity contribution < 1.29 is 4.79 Å². The Balaban J connectivity index is 2.33. The Morgan fingerprint density at radius 1 is 1.36 bits per heavy atom. The molecule has 1 heterocycles. The van der Waals surface area contributed by atoms with Gasteiger partial charge in [0, 0.05) is 24.7 Å². The van der Waals surface area contributed by atoms with Crippen molar-refractivity contribution in [1.29, 1.82) is 0 Å². The van der Waals surface area contributed by atoms with Gasteiger partial charge in [0.05, 0.1) is 0 Å². The van der Waals surface area contributed by atoms with Gasteiger partial charge in [-0.05, 0) is 18.6 Å². The van der Waals surface area contributed by atoms with E-state index >= 15 is 0 Å². The molecular formula is C9H10NO. The largest absolute Gasteiger partial charge is 0.303 e. The molecule has 2 heteroatoms. The van der Waals surface area contributed by atoms with Gasteiger partial charge in [-0.25, -0.2) is 0 Å². The second-order valence-electron chi connectivity index (χ2n) is 2.20. The van der Waals surface area contributed by atoms with E-state index in [1.807, 2.05) is 24.6 Å². The van der Waals surface area contributed by atoms with E-state index in [4.69, 9.17) is 0 Å². The van der Waals surface area contributed by atoms with Gasteiger partial charge in [0.1, 0.15) is 6.29 Å². The first-order valence-electron chi connectivity index (χ1n) is 3.61. The van der Waals surface area contributed by atoms with Gasteiger partial charge in [-0.3, -0.25) is 4.98 Å². The van der Waals surface area contributed by atoms with Crippen molar-refractivity contribution in [1.82, 2.24) is 4.98 Å². The second kappa shape index (κ2) is 4.61. The molecule has 1 rings (SSSR count). The normalized spacial score (nSPS) is 9.45. The fraction of sp³-hybridized carbons (Fsp3) is 0.222. The molecule has 0 N–H and O–H groups in total. The monoisotopic (exact) mass is 148 g/mol. The lowest BCUT2D eigenvalue weighted by Gasteiger charge is -1.94. The Hall–Kier alpha value is -1.18. The minimum atomic E-state index is 0.580. The molecule has 0 atom stereocenters. The van der Waals surface area contributed by atoms with Crippen molar-refractivity contribution >= 4 is 6.29 Å². The van der Waals surface area contributed by atoms with Crippen LogP contribution in [0.4, 0.5) is 0 Å². The molecule has 1 aromatic rings. The number of aromatic nitrogens is 1. The molecule has 0 spiro atoms. The van der Waals surface area contributed by atoms with Gasteiger partial charge in [0.2, 0.25) is 0 Å². The average molecular weight is 148 g/mol. The Bertz CT molecular complexity index is 208. The number of aldehydes is 1. The standard InChI is InChI=1S/C9H10NO/c11-8-4-2-6-9-5-1-3-7-10-9/h1,3,5-8H,2,4H2. The topological polar surface area (TPSA) is 30.0 Å². The van der Waals surface area contributed by atoms with Crippen LogP contribution in [0.25, 0.3) is 0 Å². The smallest absolute Gasteiger partial charge is 0.120 e. The molecule has 0 aromatic carbocycles. The molecule has 11 heavy (non-hydrogen) atoms. The maximum absolute atomic E-state index is 9.95. The second-order valence-corrected chi connectivity index (χ2v) is 2.20. The van der Waals surface area contributed by atoms with E-state index in [0.717, 1.165) is 18.4 Å². The van der Waals surface area contributed by atoms with E-state index in [0.29, 0.717) is 6.42 Å². The van der Waals surface area contributed by atoms with Crippen LogP contribution in [0.15, 0.2) is 24.4 Å². The third-order valence-electron chi connectivity index (χ3n) is 1.33. The Morgan fingerprint density at radius 3 is 2.91 bits per heavy atom. The van der Waals surface area contributed by atoms with Gasteiger partial charge in [-0.15, -0.1) is 0 Å². The van der Waals surface area contributed by atoms with Gasteiger partial charge >= 0.3 is 0 Å². The lowest BCUT2D eigenvalue weighted by Crippen LogP contribution is -1.85. The molecule has 0 aliphatic carbocycles. The molecule has 57 valence electrons. The number of carbonyl (C=O) groups is 1. The molecule has 1 aromatic heterocycles. The fourth-order valence-corrected chi connectivity index (χ4v) is 0.796. The van der Waals surface area contributed by atoms with Crippen LogP contribution in [-0.4, -0.2) is 11.3 Å². The molecule has 0 aliphatic rings. The molecule has 1 radical (unpaired) electrons. The number of rotatable bonds is 4. The van der Waals surface area contributed by atoms with Crippen molar-refractivity contribution in [3.63, 3.8) is 0 Å². The zero-order chi connectivity index (χ0) is 7.94. The first kappa shape index (κ1) is 7.92. The summed E-state index contributed by atoms with van der Waals surface area (Å²) in [6.07, 6.45) is 5.97. The molecule has 2 nitrogen and oxygen atoms in total. The molecular weight excluding hydrogens is 138 g/mol. The summed E-state index contributed by atoms with van der Waals surface area (Å²) in [6, 6.07) is 5.72. The average Bonchev–Trinajstić information content (AvgIpc) is 2.07. The lowest BCUT2D eigenvalue weighted by atomic mass is 10.2. The summed E-state index contributed by atoms with van der Waals surface area (Å²) in [7, 11) is 0. The first-order valence-corrected chi connectivity index (χ1v) is 3.61. The predicted octanol–water partition coefficient (Wildman–Crippen LogP) is 1.61. The van der Waals surface area contributed by atoms with E-state index in [2.05, 4.69) is 4.98 Å². The number of pyridine rings is 1. The van der Waals surface area contributed by atoms with Crippen LogP contribution < -0.4 is 0 Å². The van der Waals surface area contributed by atoms with Crippen LogP contribution in [0.5, 0.6) is 0 Å². The van der Waals surface area contributed by atoms with Crippen LogP contribution >= 0.6 is 0 Å². The van der Waals surface area contributed by atoms with Crippen LogP contribution in [0.1, 0.15) is 18.5 Å². The first-order chi connectivity index (χ1) is 5.43. The van der Waals surface area contributed by atoms with Gasteiger partial charge in [0.15, 0.2) is 0 Å². The Labute approximate surface area is 66.3 Å². The van der Waals surface area contributed by atoms with Crippen molar-refractivity contribution in [2.45, 2.75) is 12.8 Å². The zero-order valence-corrected chi connectivity index (χ0v) is 6.23. The van der Waals surface area contributed by atoms with E-state index in [9.17, 15) is 4.79 Å². The summed E-state index contributed by atoms with van der Waals surface area (Å²) in [6.45, 7) is 0. The summed E-state index contributed by atoms with van der Waals surface area (Å²) in [5.74, 6) is 0. The van der Waals surface area contributed by atoms with Crippen molar-refractivity contribution in [2.75, 3.05) is 0 Å². The highest BCUT2D eigenvalue weighted by Gasteiger charge is 1.91. The van der Waals surface area contributed by atoms with Crippen molar-refractivity contribution in [3.8, 4) is 0 Å². The highest BCUT2D eigenvalue weighted by Crippen LogP contribution is 2.01. The third-order valence-corrected chi connectivity index (χ3v) is 1.33. The van der Waals surface area contributed by atoms with Gasteiger partial charge in [0.25, 0.3) is 0 Å². The molecule has 0 saturated carbocycles. The Kier molecular flexibility index (Phi) is 3.32. The van der Waals surface area contributed by atoms with E-state index in [1.165, 1.54) is 0 Å². The maximum Gasteiger partial charge on any atom is 0.120 e. The summed E-state index contributed by atoms with van der Waals surface area (Å²) in [5, 5.41) is 0. The number of hydrogen-bond donors (Lipinski definition) is 0. The van der Waals surface area contributed by atoms with Crippen LogP contribution in [0.3, 0.4) is 0 Å². The minimum Gasteiger partial charge on any atom is -0.303 e. The van der Waals surface area contributed by atoms with E-state index in [-0.39, 0.29) is 0 Å². The zero-order valence-electron chi connectivity index (χ0n) is 6.23. The highest BCUT2D eigenvalue weighted by molar-refractivity contribution is 5.49. The Morgan fingerprint density at radius 2 is 2.27 bits per heavy atom. The molecule has 0 bridgehead atoms. The summed E-state index contributed by atoms with van der Waals surface area (Å²) in [5.41, 5.74) is 0.939. The van der Waals surface area contributed by atoms with Crippen LogP contribution in [0.2, 0.25) is 0 Å². The van der Waals surface area contributed by atoms with E-state index in [1.54, 1.807) is 6.20 Å². The lowest BCUT2D eigenvalue weighted by molar-refractivity contribution is -0.107. The number of carbonyl (C=O) groups excluding carboxylic acids is 1. The third kappa shape index (κ3) is 2.94. The van der Waals surface area contributed by atoms with Gasteiger partial charge in [-0.1, -0.05) is 6.07 Å². The molecule has 0 saturated heterocycles.